The van der Waals surface area contributed by atoms with E-state index >= 15 is 0 Å². The first kappa shape index (κ1) is 22.4. The van der Waals surface area contributed by atoms with E-state index in [2.05, 4.69) is 69.6 Å². The van der Waals surface area contributed by atoms with Gasteiger partial charge in [0.05, 0.1) is 11.4 Å². The van der Waals surface area contributed by atoms with Gasteiger partial charge < -0.3 is 4.90 Å². The molecule has 0 N–H and O–H groups in total. The van der Waals surface area contributed by atoms with Gasteiger partial charge in [0.15, 0.2) is 11.3 Å². The van der Waals surface area contributed by atoms with Crippen LogP contribution in [-0.4, -0.2) is 61.5 Å². The third kappa shape index (κ3) is 4.22. The van der Waals surface area contributed by atoms with Gasteiger partial charge in [0.25, 0.3) is 0 Å². The van der Waals surface area contributed by atoms with Gasteiger partial charge in [-0.25, -0.2) is 9.97 Å². The maximum atomic E-state index is 11.6. The quantitative estimate of drug-likeness (QED) is 0.380. The van der Waals surface area contributed by atoms with Gasteiger partial charge in [0.2, 0.25) is 5.91 Å². The number of hydrogen-bond acceptors (Lipinski definition) is 5. The van der Waals surface area contributed by atoms with E-state index in [0.29, 0.717) is 0 Å². The molecule has 5 aromatic rings. The van der Waals surface area contributed by atoms with E-state index in [-0.39, 0.29) is 5.91 Å². The van der Waals surface area contributed by atoms with Crippen LogP contribution in [0.25, 0.3) is 39.1 Å². The lowest BCUT2D eigenvalue weighted by atomic mass is 9.97. The lowest BCUT2D eigenvalue weighted by Gasteiger charge is -2.34. The number of aryl methyl sites for hydroxylation is 1. The standard InChI is InChI=1S/C29H28N6O/c1-20-16-27-30-18-25-17-26(23-6-4-3-5-7-23)28(31-29(25)35(27)32-20)24-10-8-22(9-11-24)19-33-12-14-34(15-13-33)21(2)36/h3-11,16-18H,12-15,19H2,1-2H3. The van der Waals surface area contributed by atoms with Crippen LogP contribution in [-0.2, 0) is 11.3 Å². The number of benzene rings is 2. The molecule has 0 bridgehead atoms. The second-order valence-electron chi connectivity index (χ2n) is 9.46. The van der Waals surface area contributed by atoms with Crippen LogP contribution in [0.15, 0.2) is 72.9 Å². The summed E-state index contributed by atoms with van der Waals surface area (Å²) in [6, 6.07) is 23.2. The number of aromatic nitrogens is 4. The number of pyridine rings is 1. The predicted molar refractivity (Wildman–Crippen MR) is 141 cm³/mol. The average Bonchev–Trinajstić information content (AvgIpc) is 3.30. The van der Waals surface area contributed by atoms with E-state index in [1.54, 1.807) is 6.92 Å². The van der Waals surface area contributed by atoms with Gasteiger partial charge in [0.1, 0.15) is 0 Å². The van der Waals surface area contributed by atoms with Crippen molar-refractivity contribution in [1.82, 2.24) is 29.4 Å². The van der Waals surface area contributed by atoms with Crippen molar-refractivity contribution in [3.05, 3.63) is 84.2 Å². The summed E-state index contributed by atoms with van der Waals surface area (Å²) >= 11 is 0. The highest BCUT2D eigenvalue weighted by Gasteiger charge is 2.19. The summed E-state index contributed by atoms with van der Waals surface area (Å²) < 4.78 is 1.83. The lowest BCUT2D eigenvalue weighted by molar-refractivity contribution is -0.130. The number of carbonyl (C=O) groups excluding carboxylic acids is 1. The predicted octanol–water partition coefficient (Wildman–Crippen LogP) is 4.58. The van der Waals surface area contributed by atoms with Crippen LogP contribution >= 0.6 is 0 Å². The minimum Gasteiger partial charge on any atom is -0.340 e. The third-order valence-corrected chi connectivity index (χ3v) is 6.92. The van der Waals surface area contributed by atoms with Crippen LogP contribution in [0.3, 0.4) is 0 Å². The Balaban J connectivity index is 1.37. The van der Waals surface area contributed by atoms with E-state index < -0.39 is 0 Å². The number of amides is 1. The molecule has 1 aliphatic rings. The topological polar surface area (TPSA) is 66.6 Å². The van der Waals surface area contributed by atoms with Crippen molar-refractivity contribution in [2.24, 2.45) is 0 Å². The van der Waals surface area contributed by atoms with E-state index in [9.17, 15) is 4.79 Å². The summed E-state index contributed by atoms with van der Waals surface area (Å²) in [6.07, 6.45) is 1.88. The summed E-state index contributed by atoms with van der Waals surface area (Å²) in [6.45, 7) is 7.89. The average molecular weight is 477 g/mol. The highest BCUT2D eigenvalue weighted by atomic mass is 16.2. The molecule has 3 aromatic heterocycles. The van der Waals surface area contributed by atoms with Gasteiger partial charge in [-0.1, -0.05) is 54.6 Å². The second-order valence-corrected chi connectivity index (χ2v) is 9.46. The van der Waals surface area contributed by atoms with E-state index in [0.717, 1.165) is 77.5 Å². The number of hydrogen-bond donors (Lipinski definition) is 0. The molecule has 1 aliphatic heterocycles. The van der Waals surface area contributed by atoms with Crippen molar-refractivity contribution < 1.29 is 4.79 Å². The number of fused-ring (bicyclic) bond motifs is 3. The monoisotopic (exact) mass is 476 g/mol. The van der Waals surface area contributed by atoms with Crippen LogP contribution in [0, 0.1) is 6.92 Å². The molecule has 0 atom stereocenters. The molecule has 0 saturated carbocycles. The fourth-order valence-corrected chi connectivity index (χ4v) is 4.96. The molecular weight excluding hydrogens is 448 g/mol. The van der Waals surface area contributed by atoms with Gasteiger partial charge in [0, 0.05) is 68.4 Å². The van der Waals surface area contributed by atoms with Gasteiger partial charge in [-0.3, -0.25) is 9.69 Å². The van der Waals surface area contributed by atoms with Crippen molar-refractivity contribution in [2.75, 3.05) is 26.2 Å². The molecule has 1 amide bonds. The number of carbonyl (C=O) groups is 1. The van der Waals surface area contributed by atoms with Crippen molar-refractivity contribution in [3.8, 4) is 22.4 Å². The molecule has 0 spiro atoms. The third-order valence-electron chi connectivity index (χ3n) is 6.92. The van der Waals surface area contributed by atoms with Crippen LogP contribution in [0.2, 0.25) is 0 Å². The molecule has 6 rings (SSSR count). The molecule has 0 aliphatic carbocycles. The van der Waals surface area contributed by atoms with Gasteiger partial charge in [-0.15, -0.1) is 0 Å². The Bertz CT molecular complexity index is 1550. The number of nitrogens with zero attached hydrogens (tertiary/aromatic N) is 6. The summed E-state index contributed by atoms with van der Waals surface area (Å²) in [7, 11) is 0. The maximum absolute atomic E-state index is 11.6. The van der Waals surface area contributed by atoms with Gasteiger partial charge >= 0.3 is 0 Å². The first-order valence-corrected chi connectivity index (χ1v) is 12.3. The highest BCUT2D eigenvalue weighted by molar-refractivity contribution is 5.90. The van der Waals surface area contributed by atoms with E-state index in [1.165, 1.54) is 5.56 Å². The zero-order valence-electron chi connectivity index (χ0n) is 20.6. The Kier molecular flexibility index (Phi) is 5.70. The molecule has 2 aromatic carbocycles. The minimum absolute atomic E-state index is 0.162. The van der Waals surface area contributed by atoms with Crippen LogP contribution < -0.4 is 0 Å². The Hall–Kier alpha value is -4.10. The fraction of sp³-hybridized carbons (Fsp3) is 0.241. The summed E-state index contributed by atoms with van der Waals surface area (Å²) in [5.41, 5.74) is 7.95. The minimum atomic E-state index is 0.162. The molecule has 36 heavy (non-hydrogen) atoms. The number of rotatable bonds is 4. The summed E-state index contributed by atoms with van der Waals surface area (Å²) in [4.78, 5) is 25.7. The van der Waals surface area contributed by atoms with Gasteiger partial charge in [-0.05, 0) is 24.1 Å². The first-order valence-electron chi connectivity index (χ1n) is 12.3. The van der Waals surface area contributed by atoms with Crippen molar-refractivity contribution in [3.63, 3.8) is 0 Å². The molecule has 1 saturated heterocycles. The maximum Gasteiger partial charge on any atom is 0.219 e. The zero-order chi connectivity index (χ0) is 24.6. The molecule has 180 valence electrons. The Labute approximate surface area is 210 Å². The Morgan fingerprint density at radius 2 is 1.67 bits per heavy atom. The second kappa shape index (κ2) is 9.17. The van der Waals surface area contributed by atoms with E-state index in [4.69, 9.17) is 4.98 Å². The Morgan fingerprint density at radius 1 is 0.917 bits per heavy atom. The SMILES string of the molecule is CC(=O)N1CCN(Cc2ccc(-c3nc4c(cnc5cc(C)nn54)cc3-c3ccccc3)cc2)CC1. The largest absolute Gasteiger partial charge is 0.340 e. The van der Waals surface area contributed by atoms with E-state index in [1.807, 2.05) is 34.7 Å². The number of piperazine rings is 1. The van der Waals surface area contributed by atoms with Gasteiger partial charge in [-0.2, -0.15) is 9.61 Å². The molecular formula is C29H28N6O. The normalized spacial score (nSPS) is 14.6. The van der Waals surface area contributed by atoms with Crippen molar-refractivity contribution >= 4 is 22.6 Å². The molecule has 4 heterocycles. The van der Waals surface area contributed by atoms with Crippen LogP contribution in [0.5, 0.6) is 0 Å². The van der Waals surface area contributed by atoms with Crippen molar-refractivity contribution in [1.29, 1.82) is 0 Å². The van der Waals surface area contributed by atoms with Crippen LogP contribution in [0.1, 0.15) is 18.2 Å². The first-order chi connectivity index (χ1) is 17.5. The molecule has 7 heteroatoms. The molecule has 0 unspecified atom stereocenters. The lowest BCUT2D eigenvalue weighted by Crippen LogP contribution is -2.47. The molecule has 0 radical (unpaired) electrons. The molecule has 1 fully saturated rings. The zero-order valence-corrected chi connectivity index (χ0v) is 20.6. The van der Waals surface area contributed by atoms with Crippen LogP contribution in [0.4, 0.5) is 0 Å². The molecule has 7 nitrogen and oxygen atoms in total. The highest BCUT2D eigenvalue weighted by Crippen LogP contribution is 2.33. The fourth-order valence-electron chi connectivity index (χ4n) is 4.96. The Morgan fingerprint density at radius 3 is 2.39 bits per heavy atom. The van der Waals surface area contributed by atoms with Crippen molar-refractivity contribution in [2.45, 2.75) is 20.4 Å². The smallest absolute Gasteiger partial charge is 0.219 e. The summed E-state index contributed by atoms with van der Waals surface area (Å²) in [5.74, 6) is 0.162. The summed E-state index contributed by atoms with van der Waals surface area (Å²) in [5, 5.41) is 5.59.